The molecular formula is C16H13N3O. The maximum Gasteiger partial charge on any atom is 0.248 e. The molecular weight excluding hydrogens is 250 g/mol. The number of nitrogens with zero attached hydrogens (tertiary/aromatic N) is 1. The van der Waals surface area contributed by atoms with Gasteiger partial charge in [0.2, 0.25) is 5.91 Å². The lowest BCUT2D eigenvalue weighted by atomic mass is 10.2. The summed E-state index contributed by atoms with van der Waals surface area (Å²) < 4.78 is 0. The SMILES string of the molecule is O=C(C=Cc1ccccc1)Nc1ccc2[nH]ncc2c1. The number of carbonyl (C=O) groups excluding carboxylic acids is 1. The summed E-state index contributed by atoms with van der Waals surface area (Å²) in [6, 6.07) is 15.3. The Labute approximate surface area is 116 Å². The van der Waals surface area contributed by atoms with Gasteiger partial charge in [-0.1, -0.05) is 30.3 Å². The monoisotopic (exact) mass is 263 g/mol. The fraction of sp³-hybridized carbons (Fsp3) is 0. The van der Waals surface area contributed by atoms with Crippen molar-refractivity contribution in [1.29, 1.82) is 0 Å². The number of nitrogens with one attached hydrogen (secondary N) is 2. The minimum Gasteiger partial charge on any atom is -0.322 e. The average molecular weight is 263 g/mol. The molecule has 20 heavy (non-hydrogen) atoms. The van der Waals surface area contributed by atoms with Gasteiger partial charge in [0.15, 0.2) is 0 Å². The average Bonchev–Trinajstić information content (AvgIpc) is 2.94. The predicted octanol–water partition coefficient (Wildman–Crippen LogP) is 3.21. The molecule has 0 saturated heterocycles. The van der Waals surface area contributed by atoms with Gasteiger partial charge in [-0.25, -0.2) is 0 Å². The van der Waals surface area contributed by atoms with Gasteiger partial charge in [-0.15, -0.1) is 0 Å². The number of anilines is 1. The van der Waals surface area contributed by atoms with E-state index in [4.69, 9.17) is 0 Å². The summed E-state index contributed by atoms with van der Waals surface area (Å²) >= 11 is 0. The van der Waals surface area contributed by atoms with E-state index in [1.54, 1.807) is 12.3 Å². The second kappa shape index (κ2) is 5.40. The second-order valence-electron chi connectivity index (χ2n) is 4.41. The third kappa shape index (κ3) is 2.75. The lowest BCUT2D eigenvalue weighted by Crippen LogP contribution is -2.07. The Balaban J connectivity index is 1.70. The number of fused-ring (bicyclic) bond motifs is 1. The van der Waals surface area contributed by atoms with Gasteiger partial charge >= 0.3 is 0 Å². The first kappa shape index (κ1) is 12.2. The number of hydrogen-bond donors (Lipinski definition) is 2. The fourth-order valence-corrected chi connectivity index (χ4v) is 1.94. The first-order valence-corrected chi connectivity index (χ1v) is 6.28. The molecule has 0 fully saturated rings. The summed E-state index contributed by atoms with van der Waals surface area (Å²) in [5.74, 6) is -0.156. The quantitative estimate of drug-likeness (QED) is 0.713. The van der Waals surface area contributed by atoms with Crippen LogP contribution in [0.3, 0.4) is 0 Å². The predicted molar refractivity (Wildman–Crippen MR) is 80.2 cm³/mol. The van der Waals surface area contributed by atoms with Crippen molar-refractivity contribution in [2.24, 2.45) is 0 Å². The Kier molecular flexibility index (Phi) is 3.29. The Morgan fingerprint density at radius 3 is 2.85 bits per heavy atom. The molecule has 3 rings (SSSR count). The molecule has 0 spiro atoms. The fourth-order valence-electron chi connectivity index (χ4n) is 1.94. The number of hydrogen-bond acceptors (Lipinski definition) is 2. The zero-order chi connectivity index (χ0) is 13.8. The number of aromatic nitrogens is 2. The van der Waals surface area contributed by atoms with E-state index >= 15 is 0 Å². The molecule has 0 aliphatic heterocycles. The van der Waals surface area contributed by atoms with E-state index in [-0.39, 0.29) is 5.91 Å². The molecule has 3 aromatic rings. The van der Waals surface area contributed by atoms with Gasteiger partial charge in [-0.2, -0.15) is 5.10 Å². The van der Waals surface area contributed by atoms with Crippen LogP contribution in [0.15, 0.2) is 60.8 Å². The largest absolute Gasteiger partial charge is 0.322 e. The van der Waals surface area contributed by atoms with Crippen LogP contribution in [0.2, 0.25) is 0 Å². The number of amides is 1. The summed E-state index contributed by atoms with van der Waals surface area (Å²) in [6.45, 7) is 0. The summed E-state index contributed by atoms with van der Waals surface area (Å²) in [4.78, 5) is 11.8. The smallest absolute Gasteiger partial charge is 0.248 e. The lowest BCUT2D eigenvalue weighted by molar-refractivity contribution is -0.111. The maximum absolute atomic E-state index is 11.8. The molecule has 2 aromatic carbocycles. The molecule has 98 valence electrons. The van der Waals surface area contributed by atoms with Crippen molar-refractivity contribution in [3.63, 3.8) is 0 Å². The molecule has 1 amide bonds. The number of benzene rings is 2. The molecule has 0 atom stereocenters. The van der Waals surface area contributed by atoms with Crippen LogP contribution in [0.4, 0.5) is 5.69 Å². The number of aromatic amines is 1. The molecule has 4 heteroatoms. The van der Waals surface area contributed by atoms with E-state index in [0.29, 0.717) is 0 Å². The molecule has 2 N–H and O–H groups in total. The van der Waals surface area contributed by atoms with Crippen molar-refractivity contribution in [2.45, 2.75) is 0 Å². The van der Waals surface area contributed by atoms with Crippen LogP contribution in [0.1, 0.15) is 5.56 Å². The van der Waals surface area contributed by atoms with Gasteiger partial charge in [-0.3, -0.25) is 9.89 Å². The molecule has 4 nitrogen and oxygen atoms in total. The van der Waals surface area contributed by atoms with E-state index in [2.05, 4.69) is 15.5 Å². The van der Waals surface area contributed by atoms with E-state index in [9.17, 15) is 4.79 Å². The van der Waals surface area contributed by atoms with Crippen LogP contribution >= 0.6 is 0 Å². The summed E-state index contributed by atoms with van der Waals surface area (Å²) in [5, 5.41) is 10.6. The Morgan fingerprint density at radius 2 is 2.00 bits per heavy atom. The Hall–Kier alpha value is -2.88. The van der Waals surface area contributed by atoms with Gasteiger partial charge in [0.1, 0.15) is 0 Å². The number of H-pyrrole nitrogens is 1. The Morgan fingerprint density at radius 1 is 1.15 bits per heavy atom. The standard InChI is InChI=1S/C16H13N3O/c20-16(9-6-12-4-2-1-3-5-12)18-14-7-8-15-13(10-14)11-17-19-15/h1-11H,(H,17,19)(H,18,20). The topological polar surface area (TPSA) is 57.8 Å². The van der Waals surface area contributed by atoms with Crippen molar-refractivity contribution in [1.82, 2.24) is 10.2 Å². The van der Waals surface area contributed by atoms with Crippen LogP contribution in [0.5, 0.6) is 0 Å². The van der Waals surface area contributed by atoms with Crippen LogP contribution in [0, 0.1) is 0 Å². The van der Waals surface area contributed by atoms with Gasteiger partial charge in [0, 0.05) is 17.1 Å². The summed E-state index contributed by atoms with van der Waals surface area (Å²) in [5.41, 5.74) is 2.69. The minimum absolute atomic E-state index is 0.156. The highest BCUT2D eigenvalue weighted by Gasteiger charge is 2.00. The zero-order valence-electron chi connectivity index (χ0n) is 10.7. The van der Waals surface area contributed by atoms with E-state index < -0.39 is 0 Å². The van der Waals surface area contributed by atoms with Crippen molar-refractivity contribution in [3.05, 3.63) is 66.4 Å². The summed E-state index contributed by atoms with van der Waals surface area (Å²) in [6.07, 6.45) is 5.03. The normalized spacial score (nSPS) is 11.0. The molecule has 0 bridgehead atoms. The zero-order valence-corrected chi connectivity index (χ0v) is 10.7. The highest BCUT2D eigenvalue weighted by Crippen LogP contribution is 2.16. The van der Waals surface area contributed by atoms with Gasteiger partial charge in [0.25, 0.3) is 0 Å². The van der Waals surface area contributed by atoms with E-state index in [1.165, 1.54) is 6.08 Å². The summed E-state index contributed by atoms with van der Waals surface area (Å²) in [7, 11) is 0. The van der Waals surface area contributed by atoms with E-state index in [1.807, 2.05) is 48.5 Å². The molecule has 1 heterocycles. The highest BCUT2D eigenvalue weighted by molar-refractivity contribution is 6.02. The van der Waals surface area contributed by atoms with Crippen LogP contribution in [-0.4, -0.2) is 16.1 Å². The molecule has 0 saturated carbocycles. The van der Waals surface area contributed by atoms with Crippen molar-refractivity contribution >= 4 is 28.6 Å². The molecule has 0 radical (unpaired) electrons. The first-order valence-electron chi connectivity index (χ1n) is 6.28. The van der Waals surface area contributed by atoms with Crippen molar-refractivity contribution < 1.29 is 4.79 Å². The van der Waals surface area contributed by atoms with Gasteiger partial charge < -0.3 is 5.32 Å². The third-order valence-electron chi connectivity index (χ3n) is 2.93. The molecule has 0 aliphatic carbocycles. The molecule has 0 aliphatic rings. The third-order valence-corrected chi connectivity index (χ3v) is 2.93. The van der Waals surface area contributed by atoms with Crippen molar-refractivity contribution in [3.8, 4) is 0 Å². The number of rotatable bonds is 3. The van der Waals surface area contributed by atoms with Gasteiger partial charge in [0.05, 0.1) is 11.7 Å². The second-order valence-corrected chi connectivity index (χ2v) is 4.41. The Bertz CT molecular complexity index is 760. The van der Waals surface area contributed by atoms with Crippen molar-refractivity contribution in [2.75, 3.05) is 5.32 Å². The van der Waals surface area contributed by atoms with Crippen LogP contribution in [-0.2, 0) is 4.79 Å². The number of carbonyl (C=O) groups is 1. The lowest BCUT2D eigenvalue weighted by Gasteiger charge is -2.01. The maximum atomic E-state index is 11.8. The first-order chi connectivity index (χ1) is 9.81. The van der Waals surface area contributed by atoms with Gasteiger partial charge in [-0.05, 0) is 29.8 Å². The van der Waals surface area contributed by atoms with Crippen LogP contribution < -0.4 is 5.32 Å². The van der Waals surface area contributed by atoms with E-state index in [0.717, 1.165) is 22.2 Å². The molecule has 0 unspecified atom stereocenters. The van der Waals surface area contributed by atoms with Crippen LogP contribution in [0.25, 0.3) is 17.0 Å². The molecule has 1 aromatic heterocycles. The minimum atomic E-state index is -0.156. The highest BCUT2D eigenvalue weighted by atomic mass is 16.1.